The van der Waals surface area contributed by atoms with Crippen LogP contribution in [0.1, 0.15) is 39.5 Å². The summed E-state index contributed by atoms with van der Waals surface area (Å²) in [5, 5.41) is 11.2. The number of aryl methyl sites for hydroxylation is 1. The maximum Gasteiger partial charge on any atom is 0.350 e. The van der Waals surface area contributed by atoms with E-state index in [-0.39, 0.29) is 21.1 Å². The lowest BCUT2D eigenvalue weighted by Gasteiger charge is -2.23. The highest BCUT2D eigenvalue weighted by Crippen LogP contribution is 2.44. The van der Waals surface area contributed by atoms with Crippen molar-refractivity contribution < 1.29 is 33.4 Å². The van der Waals surface area contributed by atoms with Crippen molar-refractivity contribution >= 4 is 39.9 Å². The third-order valence-corrected chi connectivity index (χ3v) is 6.57. The van der Waals surface area contributed by atoms with Gasteiger partial charge >= 0.3 is 11.9 Å². The highest BCUT2D eigenvalue weighted by atomic mass is 32.1. The number of methoxy groups -OCH3 is 1. The Kier molecular flexibility index (Phi) is 6.65. The van der Waals surface area contributed by atoms with Crippen molar-refractivity contribution in [2.24, 2.45) is 0 Å². The SMILES string of the molecule is CCOc1ccc(C2/C(=C(\O)c3ccc(F)cc3)C(=O)C(=O)N2c2nc(C)c(C(=O)OC)s2)cc1. The number of aliphatic hydroxyl groups is 1. The molecular weight excluding hydrogens is 475 g/mol. The number of Topliss-reactive ketones (excluding diaryl/α,β-unsaturated/α-hetero) is 1. The number of anilines is 1. The Bertz CT molecular complexity index is 1330. The van der Waals surface area contributed by atoms with Gasteiger partial charge in [0.25, 0.3) is 5.78 Å². The number of nitrogens with zero attached hydrogens (tertiary/aromatic N) is 2. The summed E-state index contributed by atoms with van der Waals surface area (Å²) in [6, 6.07) is 10.6. The molecule has 1 fully saturated rings. The zero-order valence-electron chi connectivity index (χ0n) is 19.1. The Balaban J connectivity index is 1.90. The Hall–Kier alpha value is -4.05. The van der Waals surface area contributed by atoms with E-state index in [1.165, 1.54) is 19.2 Å². The van der Waals surface area contributed by atoms with Gasteiger partial charge in [-0.2, -0.15) is 0 Å². The number of thiazole rings is 1. The normalized spacial score (nSPS) is 17.0. The number of amides is 1. The first-order valence-corrected chi connectivity index (χ1v) is 11.4. The fourth-order valence-corrected chi connectivity index (χ4v) is 4.80. The van der Waals surface area contributed by atoms with Gasteiger partial charge in [0, 0.05) is 5.56 Å². The van der Waals surface area contributed by atoms with Crippen LogP contribution >= 0.6 is 11.3 Å². The quantitative estimate of drug-likeness (QED) is 0.233. The van der Waals surface area contributed by atoms with E-state index in [2.05, 4.69) is 4.98 Å². The van der Waals surface area contributed by atoms with Gasteiger partial charge < -0.3 is 14.6 Å². The molecule has 0 radical (unpaired) electrons. The standard InChI is InChI=1S/C25H21FN2O6S/c1-4-34-17-11-7-14(8-12-17)19-18(20(29)15-5-9-16(26)10-6-15)21(30)23(31)28(19)25-27-13(2)22(35-25)24(32)33-3/h5-12,19,29H,4H2,1-3H3/b20-18+. The summed E-state index contributed by atoms with van der Waals surface area (Å²) in [6.45, 7) is 3.89. The number of hydrogen-bond acceptors (Lipinski definition) is 8. The van der Waals surface area contributed by atoms with E-state index < -0.39 is 35.3 Å². The number of benzene rings is 2. The molecule has 1 saturated heterocycles. The first-order valence-electron chi connectivity index (χ1n) is 10.6. The van der Waals surface area contributed by atoms with Crippen LogP contribution in [-0.2, 0) is 14.3 Å². The molecule has 1 aliphatic rings. The second kappa shape index (κ2) is 9.67. The van der Waals surface area contributed by atoms with Gasteiger partial charge in [0.2, 0.25) is 0 Å². The van der Waals surface area contributed by atoms with Crippen molar-refractivity contribution in [1.29, 1.82) is 0 Å². The minimum absolute atomic E-state index is 0.0991. The molecular formula is C25H21FN2O6S. The van der Waals surface area contributed by atoms with Crippen LogP contribution in [0.3, 0.4) is 0 Å². The lowest BCUT2D eigenvalue weighted by atomic mass is 9.95. The summed E-state index contributed by atoms with van der Waals surface area (Å²) in [6.07, 6.45) is 0. The second-order valence-corrected chi connectivity index (χ2v) is 8.56. The minimum atomic E-state index is -1.05. The van der Waals surface area contributed by atoms with Gasteiger partial charge in [-0.25, -0.2) is 14.2 Å². The Morgan fingerprint density at radius 3 is 2.40 bits per heavy atom. The Morgan fingerprint density at radius 2 is 1.80 bits per heavy atom. The van der Waals surface area contributed by atoms with Crippen LogP contribution in [0.25, 0.3) is 5.76 Å². The maximum atomic E-state index is 13.4. The van der Waals surface area contributed by atoms with Gasteiger partial charge in [-0.1, -0.05) is 23.5 Å². The molecule has 1 atom stereocenters. The number of halogens is 1. The van der Waals surface area contributed by atoms with Crippen LogP contribution in [-0.4, -0.2) is 41.5 Å². The number of aliphatic hydroxyl groups excluding tert-OH is 1. The molecule has 8 nitrogen and oxygen atoms in total. The van der Waals surface area contributed by atoms with E-state index in [4.69, 9.17) is 9.47 Å². The van der Waals surface area contributed by atoms with Crippen LogP contribution in [0.15, 0.2) is 54.1 Å². The van der Waals surface area contributed by atoms with Crippen LogP contribution in [0.2, 0.25) is 0 Å². The molecule has 1 aliphatic heterocycles. The smallest absolute Gasteiger partial charge is 0.350 e. The molecule has 4 rings (SSSR count). The largest absolute Gasteiger partial charge is 0.507 e. The summed E-state index contributed by atoms with van der Waals surface area (Å²) in [4.78, 5) is 44.2. The fourth-order valence-electron chi connectivity index (χ4n) is 3.79. The molecule has 1 unspecified atom stereocenters. The molecule has 2 aromatic carbocycles. The van der Waals surface area contributed by atoms with Gasteiger partial charge in [-0.15, -0.1) is 0 Å². The zero-order chi connectivity index (χ0) is 25.3. The number of hydrogen-bond donors (Lipinski definition) is 1. The Labute approximate surface area is 204 Å². The minimum Gasteiger partial charge on any atom is -0.507 e. The number of aromatic nitrogens is 1. The molecule has 180 valence electrons. The molecule has 0 spiro atoms. The van der Waals surface area contributed by atoms with Crippen molar-refractivity contribution in [3.05, 3.63) is 81.6 Å². The van der Waals surface area contributed by atoms with Gasteiger partial charge in [0.05, 0.1) is 31.0 Å². The van der Waals surface area contributed by atoms with Crippen LogP contribution in [0, 0.1) is 12.7 Å². The monoisotopic (exact) mass is 496 g/mol. The van der Waals surface area contributed by atoms with E-state index >= 15 is 0 Å². The number of carbonyl (C=O) groups is 3. The first kappa shape index (κ1) is 24.1. The molecule has 3 aromatic rings. The van der Waals surface area contributed by atoms with E-state index in [9.17, 15) is 23.9 Å². The average Bonchev–Trinajstić information content (AvgIpc) is 3.36. The molecule has 0 bridgehead atoms. The van der Waals surface area contributed by atoms with E-state index in [1.54, 1.807) is 31.2 Å². The number of esters is 1. The first-order chi connectivity index (χ1) is 16.8. The molecule has 0 saturated carbocycles. The second-order valence-electron chi connectivity index (χ2n) is 7.58. The number of ketones is 1. The highest BCUT2D eigenvalue weighted by Gasteiger charge is 2.48. The van der Waals surface area contributed by atoms with Gasteiger partial charge in [-0.3, -0.25) is 14.5 Å². The predicted molar refractivity (Wildman–Crippen MR) is 127 cm³/mol. The van der Waals surface area contributed by atoms with Crippen LogP contribution < -0.4 is 9.64 Å². The number of ether oxygens (including phenoxy) is 2. The summed E-state index contributed by atoms with van der Waals surface area (Å²) >= 11 is 0.905. The molecule has 1 N–H and O–H groups in total. The fraction of sp³-hybridized carbons (Fsp3) is 0.200. The summed E-state index contributed by atoms with van der Waals surface area (Å²) in [5.41, 5.74) is 0.829. The lowest BCUT2D eigenvalue weighted by Crippen LogP contribution is -2.29. The summed E-state index contributed by atoms with van der Waals surface area (Å²) in [5.74, 6) is -2.85. The predicted octanol–water partition coefficient (Wildman–Crippen LogP) is 4.40. The summed E-state index contributed by atoms with van der Waals surface area (Å²) < 4.78 is 23.7. The molecule has 1 amide bonds. The van der Waals surface area contributed by atoms with E-state index in [1.807, 2.05) is 6.92 Å². The average molecular weight is 497 g/mol. The van der Waals surface area contributed by atoms with Crippen molar-refractivity contribution in [2.45, 2.75) is 19.9 Å². The van der Waals surface area contributed by atoms with Gasteiger partial charge in [-0.05, 0) is 55.8 Å². The third kappa shape index (κ3) is 4.40. The topological polar surface area (TPSA) is 106 Å². The lowest BCUT2D eigenvalue weighted by molar-refractivity contribution is -0.132. The third-order valence-electron chi connectivity index (χ3n) is 5.43. The number of rotatable bonds is 6. The van der Waals surface area contributed by atoms with Crippen LogP contribution in [0.4, 0.5) is 9.52 Å². The van der Waals surface area contributed by atoms with Gasteiger partial charge in [0.15, 0.2) is 5.13 Å². The maximum absolute atomic E-state index is 13.4. The Morgan fingerprint density at radius 1 is 1.14 bits per heavy atom. The van der Waals surface area contributed by atoms with Crippen molar-refractivity contribution in [3.8, 4) is 5.75 Å². The van der Waals surface area contributed by atoms with Crippen molar-refractivity contribution in [2.75, 3.05) is 18.6 Å². The molecule has 10 heteroatoms. The summed E-state index contributed by atoms with van der Waals surface area (Å²) in [7, 11) is 1.23. The zero-order valence-corrected chi connectivity index (χ0v) is 19.9. The van der Waals surface area contributed by atoms with E-state index in [0.29, 0.717) is 23.6 Å². The van der Waals surface area contributed by atoms with Crippen LogP contribution in [0.5, 0.6) is 5.75 Å². The van der Waals surface area contributed by atoms with Crippen molar-refractivity contribution in [1.82, 2.24) is 4.98 Å². The highest BCUT2D eigenvalue weighted by molar-refractivity contribution is 7.17. The molecule has 1 aromatic heterocycles. The van der Waals surface area contributed by atoms with Crippen molar-refractivity contribution in [3.63, 3.8) is 0 Å². The van der Waals surface area contributed by atoms with E-state index in [0.717, 1.165) is 28.4 Å². The molecule has 35 heavy (non-hydrogen) atoms. The molecule has 2 heterocycles. The van der Waals surface area contributed by atoms with Gasteiger partial charge in [0.1, 0.15) is 22.2 Å². The molecule has 0 aliphatic carbocycles. The number of carbonyl (C=O) groups excluding carboxylic acids is 3.